The van der Waals surface area contributed by atoms with E-state index in [2.05, 4.69) is 0 Å². The summed E-state index contributed by atoms with van der Waals surface area (Å²) in [5.74, 6) is 0. The molecular weight excluding hydrogens is 116 g/mol. The van der Waals surface area contributed by atoms with Gasteiger partial charge in [0.1, 0.15) is 0 Å². The molecule has 0 aliphatic heterocycles. The maximum absolute atomic E-state index is 8.15. The molecule has 0 saturated carbocycles. The molecule has 0 radical (unpaired) electrons. The SMILES string of the molecule is N/C=C/C(N)=C\C=C\O. The van der Waals surface area contributed by atoms with Crippen molar-refractivity contribution in [2.24, 2.45) is 11.5 Å². The second kappa shape index (κ2) is 4.77. The fourth-order valence-corrected chi connectivity index (χ4v) is 0.321. The van der Waals surface area contributed by atoms with Gasteiger partial charge in [-0.2, -0.15) is 0 Å². The summed E-state index contributed by atoms with van der Waals surface area (Å²) in [4.78, 5) is 0. The predicted octanol–water partition coefficient (Wildman–Crippen LogP) is 0.373. The van der Waals surface area contributed by atoms with Crippen LogP contribution in [0.25, 0.3) is 0 Å². The molecule has 0 rings (SSSR count). The number of hydrogen-bond donors (Lipinski definition) is 3. The molecule has 9 heavy (non-hydrogen) atoms. The highest BCUT2D eigenvalue weighted by molar-refractivity contribution is 5.18. The number of allylic oxidation sites excluding steroid dienone is 3. The molecule has 0 bridgehead atoms. The van der Waals surface area contributed by atoms with E-state index in [0.29, 0.717) is 5.70 Å². The van der Waals surface area contributed by atoms with Gasteiger partial charge in [-0.3, -0.25) is 0 Å². The molecule has 0 aliphatic rings. The lowest BCUT2D eigenvalue weighted by molar-refractivity contribution is 0.473. The lowest BCUT2D eigenvalue weighted by Crippen LogP contribution is -1.92. The average Bonchev–Trinajstić information content (AvgIpc) is 1.85. The van der Waals surface area contributed by atoms with Gasteiger partial charge in [-0.05, 0) is 24.4 Å². The second-order valence-electron chi connectivity index (χ2n) is 1.37. The minimum atomic E-state index is 0.503. The van der Waals surface area contributed by atoms with E-state index in [0.717, 1.165) is 6.26 Å². The normalized spacial score (nSPS) is 13.6. The van der Waals surface area contributed by atoms with Crippen molar-refractivity contribution in [3.8, 4) is 0 Å². The van der Waals surface area contributed by atoms with Crippen molar-refractivity contribution in [1.82, 2.24) is 0 Å². The van der Waals surface area contributed by atoms with Crippen molar-refractivity contribution in [2.45, 2.75) is 0 Å². The van der Waals surface area contributed by atoms with Crippen molar-refractivity contribution in [1.29, 1.82) is 0 Å². The predicted molar refractivity (Wildman–Crippen MR) is 37.4 cm³/mol. The summed E-state index contributed by atoms with van der Waals surface area (Å²) < 4.78 is 0. The first-order valence-corrected chi connectivity index (χ1v) is 2.46. The molecule has 0 heterocycles. The highest BCUT2D eigenvalue weighted by Gasteiger charge is 1.73. The summed E-state index contributed by atoms with van der Waals surface area (Å²) in [6.07, 6.45) is 6.70. The van der Waals surface area contributed by atoms with Crippen LogP contribution in [0.15, 0.2) is 36.4 Å². The quantitative estimate of drug-likeness (QED) is 0.370. The van der Waals surface area contributed by atoms with Gasteiger partial charge in [0.05, 0.1) is 6.26 Å². The third-order valence-corrected chi connectivity index (χ3v) is 0.663. The summed E-state index contributed by atoms with van der Waals surface area (Å²) in [6.45, 7) is 0. The maximum atomic E-state index is 8.15. The van der Waals surface area contributed by atoms with Crippen molar-refractivity contribution in [3.63, 3.8) is 0 Å². The molecule has 0 aromatic heterocycles. The largest absolute Gasteiger partial charge is 0.516 e. The van der Waals surface area contributed by atoms with Crippen LogP contribution < -0.4 is 11.5 Å². The average molecular weight is 126 g/mol. The van der Waals surface area contributed by atoms with E-state index in [4.69, 9.17) is 16.6 Å². The summed E-state index contributed by atoms with van der Waals surface area (Å²) >= 11 is 0. The van der Waals surface area contributed by atoms with Crippen LogP contribution in [-0.2, 0) is 0 Å². The lowest BCUT2D eigenvalue weighted by atomic mass is 10.4. The first-order valence-electron chi connectivity index (χ1n) is 2.46. The Morgan fingerprint density at radius 2 is 2.11 bits per heavy atom. The monoisotopic (exact) mass is 126 g/mol. The molecule has 0 spiro atoms. The van der Waals surface area contributed by atoms with Crippen LogP contribution in [0, 0.1) is 0 Å². The maximum Gasteiger partial charge on any atom is 0.0792 e. The van der Waals surface area contributed by atoms with E-state index < -0.39 is 0 Å². The number of rotatable bonds is 2. The van der Waals surface area contributed by atoms with Gasteiger partial charge in [0, 0.05) is 5.70 Å². The first kappa shape index (κ1) is 7.62. The van der Waals surface area contributed by atoms with Gasteiger partial charge < -0.3 is 16.6 Å². The van der Waals surface area contributed by atoms with Crippen molar-refractivity contribution in [3.05, 3.63) is 36.4 Å². The molecule has 0 atom stereocenters. The Labute approximate surface area is 54.0 Å². The van der Waals surface area contributed by atoms with E-state index >= 15 is 0 Å². The van der Waals surface area contributed by atoms with Crippen LogP contribution >= 0.6 is 0 Å². The van der Waals surface area contributed by atoms with E-state index in [1.165, 1.54) is 24.4 Å². The molecule has 0 amide bonds. The third kappa shape index (κ3) is 4.47. The smallest absolute Gasteiger partial charge is 0.0792 e. The van der Waals surface area contributed by atoms with Crippen LogP contribution in [-0.4, -0.2) is 5.11 Å². The van der Waals surface area contributed by atoms with Gasteiger partial charge in [0.2, 0.25) is 0 Å². The van der Waals surface area contributed by atoms with Gasteiger partial charge in [0.25, 0.3) is 0 Å². The number of nitrogens with two attached hydrogens (primary N) is 2. The lowest BCUT2D eigenvalue weighted by Gasteiger charge is -1.84. The van der Waals surface area contributed by atoms with Crippen LogP contribution in [0.1, 0.15) is 0 Å². The zero-order valence-electron chi connectivity index (χ0n) is 4.99. The summed E-state index contributed by atoms with van der Waals surface area (Å²) in [7, 11) is 0. The highest BCUT2D eigenvalue weighted by Crippen LogP contribution is 1.84. The molecule has 3 nitrogen and oxygen atoms in total. The van der Waals surface area contributed by atoms with Crippen LogP contribution in [0.5, 0.6) is 0 Å². The van der Waals surface area contributed by atoms with Gasteiger partial charge in [0.15, 0.2) is 0 Å². The number of aliphatic hydroxyl groups excluding tert-OH is 1. The van der Waals surface area contributed by atoms with Gasteiger partial charge in [-0.15, -0.1) is 0 Å². The van der Waals surface area contributed by atoms with E-state index in [9.17, 15) is 0 Å². The van der Waals surface area contributed by atoms with Crippen LogP contribution in [0.2, 0.25) is 0 Å². The zero-order valence-corrected chi connectivity index (χ0v) is 4.99. The number of hydrogen-bond acceptors (Lipinski definition) is 3. The molecule has 3 heteroatoms. The summed E-state index contributed by atoms with van der Waals surface area (Å²) in [5, 5.41) is 8.15. The molecule has 5 N–H and O–H groups in total. The Kier molecular flexibility index (Phi) is 4.04. The summed E-state index contributed by atoms with van der Waals surface area (Å²) in [6, 6.07) is 0. The Morgan fingerprint density at radius 1 is 1.44 bits per heavy atom. The Hall–Kier alpha value is -1.38. The van der Waals surface area contributed by atoms with Gasteiger partial charge >= 0.3 is 0 Å². The zero-order chi connectivity index (χ0) is 7.11. The van der Waals surface area contributed by atoms with Crippen molar-refractivity contribution in [2.75, 3.05) is 0 Å². The first-order chi connectivity index (χ1) is 4.31. The number of aliphatic hydroxyl groups is 1. The second-order valence-corrected chi connectivity index (χ2v) is 1.37. The Balaban J connectivity index is 3.84. The van der Waals surface area contributed by atoms with E-state index in [1.54, 1.807) is 0 Å². The van der Waals surface area contributed by atoms with Crippen LogP contribution in [0.4, 0.5) is 0 Å². The van der Waals surface area contributed by atoms with Crippen LogP contribution in [0.3, 0.4) is 0 Å². The van der Waals surface area contributed by atoms with E-state index in [-0.39, 0.29) is 0 Å². The van der Waals surface area contributed by atoms with Crippen molar-refractivity contribution >= 4 is 0 Å². The van der Waals surface area contributed by atoms with Gasteiger partial charge in [-0.25, -0.2) is 0 Å². The topological polar surface area (TPSA) is 72.3 Å². The molecular formula is C6H10N2O. The van der Waals surface area contributed by atoms with Gasteiger partial charge in [-0.1, -0.05) is 0 Å². The standard InChI is InChI=1S/C6H10N2O/c7-4-3-6(8)2-1-5-9/h1-5,9H,7-8H2/b4-3+,5-1+,6-2+. The molecule has 0 saturated heterocycles. The highest BCUT2D eigenvalue weighted by atomic mass is 16.2. The fraction of sp³-hybridized carbons (Fsp3) is 0. The Morgan fingerprint density at radius 3 is 2.56 bits per heavy atom. The molecule has 0 aromatic rings. The minimum Gasteiger partial charge on any atom is -0.516 e. The molecule has 0 aromatic carbocycles. The fourth-order valence-electron chi connectivity index (χ4n) is 0.321. The summed E-state index contributed by atoms with van der Waals surface area (Å²) in [5.41, 5.74) is 10.8. The molecule has 50 valence electrons. The molecule has 0 unspecified atom stereocenters. The minimum absolute atomic E-state index is 0.503. The van der Waals surface area contributed by atoms with E-state index in [1.807, 2.05) is 0 Å². The van der Waals surface area contributed by atoms with Crippen molar-refractivity contribution < 1.29 is 5.11 Å². The Bertz CT molecular complexity index is 147. The third-order valence-electron chi connectivity index (χ3n) is 0.663. The molecule has 0 aliphatic carbocycles. The molecule has 0 fully saturated rings.